The molecule has 2 atom stereocenters. The smallest absolute Gasteiger partial charge is 0.399 e. The van der Waals surface area contributed by atoms with Gasteiger partial charge in [-0.05, 0) is 52.2 Å². The second-order valence-corrected chi connectivity index (χ2v) is 13.2. The summed E-state index contributed by atoms with van der Waals surface area (Å²) in [4.78, 5) is 19.9. The molecule has 0 spiro atoms. The van der Waals surface area contributed by atoms with Gasteiger partial charge in [-0.25, -0.2) is 22.8 Å². The minimum atomic E-state index is -4.69. The Bertz CT molecular complexity index is 1580. The Morgan fingerprint density at radius 3 is 2.48 bits per heavy atom. The van der Waals surface area contributed by atoms with Gasteiger partial charge in [-0.2, -0.15) is 18.3 Å². The molecule has 0 aliphatic carbocycles. The SMILES string of the molecule is Cc1nn(C)cc1S(=O)(=O)NC(=O)c1ccc(-n2ccc(OCC(C)(CO)C(F)(F)F)n2)nc1N1C[C@@H](C)CC1(C)C. The third-order valence-electron chi connectivity index (χ3n) is 7.29. The number of alkyl halides is 3. The maximum absolute atomic E-state index is 13.4. The van der Waals surface area contributed by atoms with Crippen LogP contribution in [0.3, 0.4) is 0 Å². The van der Waals surface area contributed by atoms with E-state index in [0.29, 0.717) is 6.54 Å². The number of nitrogens with zero attached hydrogens (tertiary/aromatic N) is 6. The third kappa shape index (κ3) is 6.09. The summed E-state index contributed by atoms with van der Waals surface area (Å²) in [6.07, 6.45) is -1.18. The van der Waals surface area contributed by atoms with Gasteiger partial charge in [0.2, 0.25) is 5.88 Å². The third-order valence-corrected chi connectivity index (χ3v) is 8.72. The minimum Gasteiger partial charge on any atom is -0.476 e. The molecule has 1 fully saturated rings. The van der Waals surface area contributed by atoms with Crippen LogP contribution in [0.4, 0.5) is 19.0 Å². The van der Waals surface area contributed by atoms with Crippen molar-refractivity contribution in [1.82, 2.24) is 29.3 Å². The number of aliphatic hydroxyl groups excluding tert-OH is 1. The largest absolute Gasteiger partial charge is 0.476 e. The zero-order valence-electron chi connectivity index (χ0n) is 24.1. The molecule has 12 nitrogen and oxygen atoms in total. The molecule has 0 saturated carbocycles. The summed E-state index contributed by atoms with van der Waals surface area (Å²) >= 11 is 0. The van der Waals surface area contributed by atoms with Crippen LogP contribution in [0.2, 0.25) is 0 Å². The lowest BCUT2D eigenvalue weighted by molar-refractivity contribution is -0.237. The van der Waals surface area contributed by atoms with Gasteiger partial charge in [-0.3, -0.25) is 9.48 Å². The number of pyridine rings is 1. The molecule has 0 aromatic carbocycles. The van der Waals surface area contributed by atoms with Crippen LogP contribution in [0.1, 0.15) is 50.2 Å². The van der Waals surface area contributed by atoms with E-state index in [1.807, 2.05) is 18.7 Å². The summed E-state index contributed by atoms with van der Waals surface area (Å²) < 4.78 is 76.0. The molecule has 1 saturated heterocycles. The molecule has 3 aromatic rings. The lowest BCUT2D eigenvalue weighted by Crippen LogP contribution is -2.43. The molecular formula is C26H34F3N7O5S. The average Bonchev–Trinajstić information content (AvgIpc) is 3.57. The van der Waals surface area contributed by atoms with E-state index in [-0.39, 0.29) is 39.6 Å². The van der Waals surface area contributed by atoms with Crippen LogP contribution in [0.5, 0.6) is 5.88 Å². The van der Waals surface area contributed by atoms with E-state index in [2.05, 4.69) is 26.8 Å². The van der Waals surface area contributed by atoms with E-state index >= 15 is 0 Å². The van der Waals surface area contributed by atoms with Crippen molar-refractivity contribution in [2.75, 3.05) is 24.7 Å². The number of hydrogen-bond donors (Lipinski definition) is 2. The number of hydrogen-bond acceptors (Lipinski definition) is 9. The maximum Gasteiger partial charge on any atom is 0.399 e. The van der Waals surface area contributed by atoms with Crippen LogP contribution in [-0.2, 0) is 17.1 Å². The first kappa shape index (κ1) is 31.3. The summed E-state index contributed by atoms with van der Waals surface area (Å²) in [5.74, 6) is -0.319. The number of amides is 1. The van der Waals surface area contributed by atoms with Gasteiger partial charge in [-0.1, -0.05) is 6.92 Å². The van der Waals surface area contributed by atoms with Crippen LogP contribution >= 0.6 is 0 Å². The summed E-state index contributed by atoms with van der Waals surface area (Å²) in [5.41, 5.74) is -2.67. The molecule has 2 N–H and O–H groups in total. The number of aliphatic hydroxyl groups is 1. The van der Waals surface area contributed by atoms with Gasteiger partial charge in [0.25, 0.3) is 15.9 Å². The monoisotopic (exact) mass is 613 g/mol. The minimum absolute atomic E-state index is 0.0126. The second-order valence-electron chi connectivity index (χ2n) is 11.6. The highest BCUT2D eigenvalue weighted by Crippen LogP contribution is 2.39. The molecule has 1 amide bonds. The molecule has 230 valence electrons. The first-order chi connectivity index (χ1) is 19.4. The van der Waals surface area contributed by atoms with Gasteiger partial charge in [0, 0.05) is 37.6 Å². The van der Waals surface area contributed by atoms with Gasteiger partial charge >= 0.3 is 6.18 Å². The molecule has 3 aromatic heterocycles. The van der Waals surface area contributed by atoms with Crippen molar-refractivity contribution < 1.29 is 36.2 Å². The first-order valence-electron chi connectivity index (χ1n) is 13.1. The van der Waals surface area contributed by atoms with Crippen molar-refractivity contribution in [3.05, 3.63) is 41.9 Å². The summed E-state index contributed by atoms with van der Waals surface area (Å²) in [6, 6.07) is 4.21. The van der Waals surface area contributed by atoms with E-state index < -0.39 is 46.3 Å². The van der Waals surface area contributed by atoms with E-state index in [1.165, 1.54) is 46.9 Å². The van der Waals surface area contributed by atoms with Crippen LogP contribution in [0.15, 0.2) is 35.5 Å². The number of ether oxygens (including phenoxy) is 1. The Morgan fingerprint density at radius 1 is 1.24 bits per heavy atom. The highest BCUT2D eigenvalue weighted by atomic mass is 32.2. The summed E-state index contributed by atoms with van der Waals surface area (Å²) in [5, 5.41) is 17.5. The van der Waals surface area contributed by atoms with Crippen molar-refractivity contribution in [3.63, 3.8) is 0 Å². The molecule has 0 bridgehead atoms. The highest BCUT2D eigenvalue weighted by Gasteiger charge is 2.51. The number of sulfonamides is 1. The molecule has 4 rings (SSSR count). The number of rotatable bonds is 9. The molecule has 16 heteroatoms. The molecule has 42 heavy (non-hydrogen) atoms. The first-order valence-corrected chi connectivity index (χ1v) is 14.6. The molecular weight excluding hydrogens is 579 g/mol. The van der Waals surface area contributed by atoms with Gasteiger partial charge in [0.1, 0.15) is 22.7 Å². The topological polar surface area (TPSA) is 144 Å². The van der Waals surface area contributed by atoms with Crippen molar-refractivity contribution in [2.45, 2.75) is 57.7 Å². The van der Waals surface area contributed by atoms with Crippen LogP contribution in [0.25, 0.3) is 5.82 Å². The number of nitrogens with one attached hydrogen (secondary N) is 1. The fourth-order valence-corrected chi connectivity index (χ4v) is 6.13. The highest BCUT2D eigenvalue weighted by molar-refractivity contribution is 7.90. The summed E-state index contributed by atoms with van der Waals surface area (Å²) in [7, 11) is -2.68. The molecule has 1 aliphatic rings. The Hall–Kier alpha value is -3.66. The number of aromatic nitrogens is 5. The fourth-order valence-electron chi connectivity index (χ4n) is 4.94. The van der Waals surface area contributed by atoms with Crippen molar-refractivity contribution in [1.29, 1.82) is 0 Å². The number of aryl methyl sites for hydroxylation is 2. The number of carbonyl (C=O) groups excluding carboxylic acids is 1. The zero-order valence-corrected chi connectivity index (χ0v) is 24.9. The Kier molecular flexibility index (Phi) is 8.10. The Morgan fingerprint density at radius 2 is 1.93 bits per heavy atom. The van der Waals surface area contributed by atoms with E-state index in [1.54, 1.807) is 7.05 Å². The number of halogens is 3. The zero-order chi connectivity index (χ0) is 31.3. The molecule has 1 aliphatic heterocycles. The van der Waals surface area contributed by atoms with Crippen LogP contribution in [-0.4, -0.2) is 75.5 Å². The second kappa shape index (κ2) is 10.9. The van der Waals surface area contributed by atoms with Crippen molar-refractivity contribution >= 4 is 21.7 Å². The quantitative estimate of drug-likeness (QED) is 0.372. The predicted octanol–water partition coefficient (Wildman–Crippen LogP) is 2.99. The maximum atomic E-state index is 13.4. The molecule has 4 heterocycles. The van der Waals surface area contributed by atoms with Crippen molar-refractivity contribution in [3.8, 4) is 11.7 Å². The standard InChI is InChI=1S/C26H34F3N7O5S/c1-16-11-24(3,4)35(12-16)22-18(23(38)33-42(39,40)19-13-34(6)31-17(19)2)7-8-20(30-22)36-10-9-21(32-36)41-15-25(5,14-37)26(27,28)29/h7-10,13,16,37H,11-12,14-15H2,1-6H3,(H,33,38)/t16-,25?/m0/s1. The number of carbonyl (C=O) groups is 1. The lowest BCUT2D eigenvalue weighted by Gasteiger charge is -2.34. The van der Waals surface area contributed by atoms with E-state index in [9.17, 15) is 31.5 Å². The van der Waals surface area contributed by atoms with Crippen LogP contribution in [0, 0.1) is 18.3 Å². The Balaban J connectivity index is 1.68. The van der Waals surface area contributed by atoms with Crippen LogP contribution < -0.4 is 14.4 Å². The molecule has 1 unspecified atom stereocenters. The van der Waals surface area contributed by atoms with Gasteiger partial charge in [0.15, 0.2) is 5.82 Å². The van der Waals surface area contributed by atoms with Gasteiger partial charge in [0.05, 0.1) is 17.9 Å². The van der Waals surface area contributed by atoms with E-state index in [4.69, 9.17) is 4.74 Å². The van der Waals surface area contributed by atoms with E-state index in [0.717, 1.165) is 13.3 Å². The van der Waals surface area contributed by atoms with Crippen molar-refractivity contribution in [2.24, 2.45) is 18.4 Å². The fraction of sp³-hybridized carbons (Fsp3) is 0.538. The summed E-state index contributed by atoms with van der Waals surface area (Å²) in [6.45, 7) is 6.92. The number of anilines is 1. The molecule has 0 radical (unpaired) electrons. The lowest BCUT2D eigenvalue weighted by atomic mass is 9.92. The average molecular weight is 614 g/mol. The predicted molar refractivity (Wildman–Crippen MR) is 146 cm³/mol. The normalized spacial score (nSPS) is 18.6. The Labute approximate surface area is 241 Å². The van der Waals surface area contributed by atoms with Gasteiger partial charge in [-0.15, -0.1) is 5.10 Å². The van der Waals surface area contributed by atoms with Gasteiger partial charge < -0.3 is 14.7 Å².